The van der Waals surface area contributed by atoms with Crippen LogP contribution in [0.15, 0.2) is 60.3 Å². The van der Waals surface area contributed by atoms with Gasteiger partial charge < -0.3 is 16.0 Å². The van der Waals surface area contributed by atoms with Crippen molar-refractivity contribution >= 4 is 22.8 Å². The van der Waals surface area contributed by atoms with Crippen molar-refractivity contribution in [3.05, 3.63) is 65.9 Å². The second-order valence-electron chi connectivity index (χ2n) is 6.44. The van der Waals surface area contributed by atoms with E-state index in [0.29, 0.717) is 12.1 Å². The van der Waals surface area contributed by atoms with Gasteiger partial charge in [0.2, 0.25) is 0 Å². The summed E-state index contributed by atoms with van der Waals surface area (Å²) in [6.45, 7) is 0. The lowest BCUT2D eigenvalue weighted by atomic mass is 9.85. The summed E-state index contributed by atoms with van der Waals surface area (Å²) in [5.74, 6) is 0.353. The molecule has 0 heterocycles. The lowest BCUT2D eigenvalue weighted by Crippen LogP contribution is -2.17. The summed E-state index contributed by atoms with van der Waals surface area (Å²) >= 11 is 0. The van der Waals surface area contributed by atoms with E-state index in [1.165, 1.54) is 5.56 Å². The van der Waals surface area contributed by atoms with Crippen LogP contribution in [0.5, 0.6) is 0 Å². The summed E-state index contributed by atoms with van der Waals surface area (Å²) in [7, 11) is 4.04. The number of hydrogen-bond acceptors (Lipinski definition) is 4. The molecule has 0 fully saturated rings. The van der Waals surface area contributed by atoms with Crippen LogP contribution in [0.25, 0.3) is 0 Å². The Morgan fingerprint density at radius 3 is 2.42 bits per heavy atom. The Hall–Kier alpha value is -2.75. The van der Waals surface area contributed by atoms with Gasteiger partial charge in [-0.25, -0.2) is 0 Å². The molecular formula is C20H23N3O. The molecule has 1 aliphatic carbocycles. The van der Waals surface area contributed by atoms with E-state index in [1.54, 1.807) is 6.08 Å². The van der Waals surface area contributed by atoms with E-state index < -0.39 is 0 Å². The zero-order valence-electron chi connectivity index (χ0n) is 14.1. The number of nitrogen functional groups attached to an aromatic ring is 1. The molecule has 0 unspecified atom stereocenters. The highest BCUT2D eigenvalue weighted by molar-refractivity contribution is 5.92. The Morgan fingerprint density at radius 1 is 1.04 bits per heavy atom. The molecule has 0 aliphatic heterocycles. The van der Waals surface area contributed by atoms with E-state index in [9.17, 15) is 4.79 Å². The molecule has 0 aromatic heterocycles. The molecule has 4 nitrogen and oxygen atoms in total. The Morgan fingerprint density at radius 2 is 1.75 bits per heavy atom. The third kappa shape index (κ3) is 3.59. The fraction of sp³-hybridized carbons (Fsp3) is 0.250. The predicted molar refractivity (Wildman–Crippen MR) is 100 cm³/mol. The van der Waals surface area contributed by atoms with Crippen LogP contribution in [-0.4, -0.2) is 19.9 Å². The summed E-state index contributed by atoms with van der Waals surface area (Å²) < 4.78 is 0. The van der Waals surface area contributed by atoms with Gasteiger partial charge >= 0.3 is 0 Å². The van der Waals surface area contributed by atoms with Gasteiger partial charge in [-0.1, -0.05) is 24.3 Å². The van der Waals surface area contributed by atoms with Gasteiger partial charge in [0.05, 0.1) is 11.4 Å². The van der Waals surface area contributed by atoms with Crippen LogP contribution >= 0.6 is 0 Å². The van der Waals surface area contributed by atoms with Gasteiger partial charge in [-0.2, -0.15) is 0 Å². The molecular weight excluding hydrogens is 298 g/mol. The van der Waals surface area contributed by atoms with E-state index in [1.807, 2.05) is 38.4 Å². The summed E-state index contributed by atoms with van der Waals surface area (Å²) in [6.07, 6.45) is 3.06. The van der Waals surface area contributed by atoms with Gasteiger partial charge in [0.1, 0.15) is 0 Å². The largest absolute Gasteiger partial charge is 0.397 e. The number of nitrogens with two attached hydrogens (primary N) is 1. The molecule has 0 saturated heterocycles. The molecule has 24 heavy (non-hydrogen) atoms. The van der Waals surface area contributed by atoms with Crippen LogP contribution in [-0.2, 0) is 4.79 Å². The average molecular weight is 321 g/mol. The Bertz CT molecular complexity index is 763. The Balaban J connectivity index is 1.77. The number of nitrogens with zero attached hydrogens (tertiary/aromatic N) is 1. The van der Waals surface area contributed by atoms with E-state index >= 15 is 0 Å². The minimum absolute atomic E-state index is 0.153. The molecule has 0 spiro atoms. The SMILES string of the molecule is CN(C)c1ccc([C@@H]2CC(=O)C=C(Nc3ccccc3N)C2)cc1. The van der Waals surface area contributed by atoms with Gasteiger partial charge in [0, 0.05) is 38.0 Å². The van der Waals surface area contributed by atoms with E-state index in [0.717, 1.165) is 23.5 Å². The van der Waals surface area contributed by atoms with E-state index in [4.69, 9.17) is 5.73 Å². The smallest absolute Gasteiger partial charge is 0.158 e. The maximum atomic E-state index is 12.2. The van der Waals surface area contributed by atoms with Crippen molar-refractivity contribution in [1.29, 1.82) is 0 Å². The standard InChI is InChI=1S/C20H23N3O/c1-23(2)17-9-7-14(8-10-17)15-11-16(13-18(24)12-15)22-20-6-4-3-5-19(20)21/h3-10,13,15,22H,11-12,21H2,1-2H3/t15-/m0/s1. The maximum absolute atomic E-state index is 12.2. The second-order valence-corrected chi connectivity index (χ2v) is 6.44. The molecule has 124 valence electrons. The van der Waals surface area contributed by atoms with E-state index in [-0.39, 0.29) is 11.7 Å². The summed E-state index contributed by atoms with van der Waals surface area (Å²) in [6, 6.07) is 16.0. The monoisotopic (exact) mass is 321 g/mol. The maximum Gasteiger partial charge on any atom is 0.158 e. The van der Waals surface area contributed by atoms with Crippen molar-refractivity contribution in [1.82, 2.24) is 0 Å². The molecule has 2 aromatic rings. The van der Waals surface area contributed by atoms with Crippen LogP contribution in [0.3, 0.4) is 0 Å². The number of hydrogen-bond donors (Lipinski definition) is 2. The quantitative estimate of drug-likeness (QED) is 0.842. The molecule has 2 aromatic carbocycles. The number of ketones is 1. The molecule has 3 N–H and O–H groups in total. The Labute approximate surface area is 143 Å². The first-order valence-electron chi connectivity index (χ1n) is 8.15. The molecule has 3 rings (SSSR count). The van der Waals surface area contributed by atoms with Gasteiger partial charge in [-0.15, -0.1) is 0 Å². The van der Waals surface area contributed by atoms with Crippen molar-refractivity contribution in [3.8, 4) is 0 Å². The van der Waals surface area contributed by atoms with Crippen LogP contribution in [0.2, 0.25) is 0 Å². The molecule has 0 radical (unpaired) electrons. The highest BCUT2D eigenvalue weighted by atomic mass is 16.1. The van der Waals surface area contributed by atoms with Crippen molar-refractivity contribution in [2.45, 2.75) is 18.8 Å². The number of nitrogens with one attached hydrogen (secondary N) is 1. The van der Waals surface area contributed by atoms with Crippen LogP contribution in [0.1, 0.15) is 24.3 Å². The lowest BCUT2D eigenvalue weighted by molar-refractivity contribution is -0.115. The first kappa shape index (κ1) is 16.1. The average Bonchev–Trinajstić information content (AvgIpc) is 2.56. The highest BCUT2D eigenvalue weighted by Gasteiger charge is 2.22. The number of rotatable bonds is 4. The molecule has 0 bridgehead atoms. The normalized spacial score (nSPS) is 17.3. The van der Waals surface area contributed by atoms with Gasteiger partial charge in [0.15, 0.2) is 5.78 Å². The first-order chi connectivity index (χ1) is 11.5. The van der Waals surface area contributed by atoms with Crippen molar-refractivity contribution < 1.29 is 4.79 Å². The third-order valence-corrected chi connectivity index (χ3v) is 4.39. The minimum atomic E-state index is 0.153. The number of carbonyl (C=O) groups is 1. The van der Waals surface area contributed by atoms with Gasteiger partial charge in [0.25, 0.3) is 0 Å². The lowest BCUT2D eigenvalue weighted by Gasteiger charge is -2.24. The van der Waals surface area contributed by atoms with Crippen LogP contribution < -0.4 is 16.0 Å². The van der Waals surface area contributed by atoms with Gasteiger partial charge in [-0.05, 0) is 42.2 Å². The van der Waals surface area contributed by atoms with E-state index in [2.05, 4.69) is 34.5 Å². The molecule has 4 heteroatoms. The number of para-hydroxylation sites is 2. The molecule has 0 saturated carbocycles. The topological polar surface area (TPSA) is 58.4 Å². The van der Waals surface area contributed by atoms with Crippen molar-refractivity contribution in [2.75, 3.05) is 30.0 Å². The Kier molecular flexibility index (Phi) is 4.56. The zero-order chi connectivity index (χ0) is 17.1. The minimum Gasteiger partial charge on any atom is -0.397 e. The van der Waals surface area contributed by atoms with Crippen molar-refractivity contribution in [2.24, 2.45) is 0 Å². The number of benzene rings is 2. The number of carbonyl (C=O) groups excluding carboxylic acids is 1. The number of anilines is 3. The number of allylic oxidation sites excluding steroid dienone is 2. The molecule has 1 aliphatic rings. The predicted octanol–water partition coefficient (Wildman–Crippen LogP) is 3.78. The summed E-state index contributed by atoms with van der Waals surface area (Å²) in [5.41, 5.74) is 10.8. The fourth-order valence-electron chi connectivity index (χ4n) is 3.04. The highest BCUT2D eigenvalue weighted by Crippen LogP contribution is 2.33. The molecule has 0 amide bonds. The van der Waals surface area contributed by atoms with Gasteiger partial charge in [-0.3, -0.25) is 4.79 Å². The second kappa shape index (κ2) is 6.79. The fourth-order valence-corrected chi connectivity index (χ4v) is 3.04. The summed E-state index contributed by atoms with van der Waals surface area (Å²) in [5, 5.41) is 3.32. The van der Waals surface area contributed by atoms with Crippen LogP contribution in [0, 0.1) is 0 Å². The third-order valence-electron chi connectivity index (χ3n) is 4.39. The zero-order valence-corrected chi connectivity index (χ0v) is 14.1. The molecule has 1 atom stereocenters. The summed E-state index contributed by atoms with van der Waals surface area (Å²) in [4.78, 5) is 14.2. The van der Waals surface area contributed by atoms with Crippen LogP contribution in [0.4, 0.5) is 17.1 Å². The van der Waals surface area contributed by atoms with Crippen molar-refractivity contribution in [3.63, 3.8) is 0 Å². The first-order valence-corrected chi connectivity index (χ1v) is 8.15.